The maximum Gasteiger partial charge on any atom is 0.272 e. The normalized spacial score (nSPS) is 15.4. The molecule has 0 saturated heterocycles. The van der Waals surface area contributed by atoms with E-state index in [1.807, 2.05) is 48.5 Å². The van der Waals surface area contributed by atoms with Crippen molar-refractivity contribution in [3.63, 3.8) is 0 Å². The maximum atomic E-state index is 12.9. The second-order valence-electron chi connectivity index (χ2n) is 9.11. The lowest BCUT2D eigenvalue weighted by atomic mass is 9.84. The van der Waals surface area contributed by atoms with Crippen molar-refractivity contribution in [2.75, 3.05) is 0 Å². The molecule has 1 heterocycles. The van der Waals surface area contributed by atoms with E-state index in [2.05, 4.69) is 15.5 Å². The van der Waals surface area contributed by atoms with Crippen molar-refractivity contribution in [1.29, 1.82) is 0 Å². The van der Waals surface area contributed by atoms with Gasteiger partial charge in [-0.3, -0.25) is 14.8 Å². The van der Waals surface area contributed by atoms with Crippen molar-refractivity contribution in [1.82, 2.24) is 20.9 Å². The van der Waals surface area contributed by atoms with Gasteiger partial charge in [0.15, 0.2) is 5.82 Å². The van der Waals surface area contributed by atoms with Crippen LogP contribution in [0.25, 0.3) is 0 Å². The Balaban J connectivity index is 3.10. The zero-order valence-electron chi connectivity index (χ0n) is 17.8. The van der Waals surface area contributed by atoms with E-state index in [9.17, 15) is 14.7 Å². The molecule has 0 saturated carbocycles. The van der Waals surface area contributed by atoms with Crippen LogP contribution in [-0.4, -0.2) is 38.4 Å². The molecule has 0 aliphatic heterocycles. The molecule has 1 aromatic heterocycles. The molecule has 0 unspecified atom stereocenters. The van der Waals surface area contributed by atoms with E-state index in [1.165, 1.54) is 5.48 Å². The first-order chi connectivity index (χ1) is 12.9. The number of carbonyl (C=O) groups excluding carboxylic acids is 2. The highest BCUT2D eigenvalue weighted by atomic mass is 16.5. The first kappa shape index (κ1) is 24.0. The van der Waals surface area contributed by atoms with E-state index in [1.54, 1.807) is 0 Å². The Kier molecular flexibility index (Phi) is 8.56. The molecule has 9 heteroatoms. The first-order valence-electron chi connectivity index (χ1n) is 9.61. The van der Waals surface area contributed by atoms with Gasteiger partial charge in [0.05, 0.1) is 12.0 Å². The molecule has 160 valence electrons. The van der Waals surface area contributed by atoms with Crippen LogP contribution >= 0.6 is 0 Å². The van der Waals surface area contributed by atoms with Gasteiger partial charge in [0, 0.05) is 6.42 Å². The van der Waals surface area contributed by atoms with E-state index in [-0.39, 0.29) is 12.3 Å². The Morgan fingerprint density at radius 2 is 1.71 bits per heavy atom. The van der Waals surface area contributed by atoms with Gasteiger partial charge < -0.3 is 14.9 Å². The smallest absolute Gasteiger partial charge is 0.272 e. The van der Waals surface area contributed by atoms with Gasteiger partial charge >= 0.3 is 0 Å². The molecule has 0 fully saturated rings. The fraction of sp³-hybridized carbons (Fsp3) is 0.789. The van der Waals surface area contributed by atoms with E-state index in [0.717, 1.165) is 0 Å². The van der Waals surface area contributed by atoms with Crippen molar-refractivity contribution < 1.29 is 24.4 Å². The van der Waals surface area contributed by atoms with Crippen LogP contribution in [0.3, 0.4) is 0 Å². The fourth-order valence-electron chi connectivity index (χ4n) is 2.87. The summed E-state index contributed by atoms with van der Waals surface area (Å²) < 4.78 is 5.30. The van der Waals surface area contributed by atoms with Gasteiger partial charge in [-0.1, -0.05) is 53.6 Å². The van der Waals surface area contributed by atoms with E-state index in [4.69, 9.17) is 9.73 Å². The highest BCUT2D eigenvalue weighted by Crippen LogP contribution is 2.32. The number of aromatic nitrogens is 2. The molecule has 1 rings (SSSR count). The van der Waals surface area contributed by atoms with Crippen LogP contribution in [0.5, 0.6) is 0 Å². The van der Waals surface area contributed by atoms with Crippen LogP contribution in [0, 0.1) is 23.2 Å². The number of rotatable bonds is 9. The monoisotopic (exact) mass is 398 g/mol. The SMILES string of the molecule is CC(C)Cc1nc([C@@H](NC(=O)[C@H](CC(C)C)[C@H](O)C(=O)NO)C(C)(C)C)no1. The maximum absolute atomic E-state index is 12.9. The number of aliphatic hydroxyl groups excluding tert-OH is 1. The van der Waals surface area contributed by atoms with Gasteiger partial charge in [-0.05, 0) is 23.7 Å². The number of nitrogens with zero attached hydrogens (tertiary/aromatic N) is 2. The Labute approximate surface area is 166 Å². The summed E-state index contributed by atoms with van der Waals surface area (Å²) >= 11 is 0. The standard InChI is InChI=1S/C19H34N4O5/c1-10(2)8-12(14(24)18(26)22-27)17(25)21-15(19(5,6)7)16-20-13(28-23-16)9-11(3)4/h10-12,14-15,24,27H,8-9H2,1-7H3,(H,21,25)(H,22,26)/t12-,14+,15-/m1/s1. The Morgan fingerprint density at radius 3 is 2.18 bits per heavy atom. The molecule has 0 aromatic carbocycles. The number of hydrogen-bond acceptors (Lipinski definition) is 7. The Morgan fingerprint density at radius 1 is 1.11 bits per heavy atom. The van der Waals surface area contributed by atoms with Crippen molar-refractivity contribution in [3.8, 4) is 0 Å². The average Bonchev–Trinajstić information content (AvgIpc) is 3.01. The highest BCUT2D eigenvalue weighted by Gasteiger charge is 2.38. The summed E-state index contributed by atoms with van der Waals surface area (Å²) in [6.45, 7) is 13.6. The number of amides is 2. The highest BCUT2D eigenvalue weighted by molar-refractivity contribution is 5.88. The van der Waals surface area contributed by atoms with Gasteiger partial charge in [-0.25, -0.2) is 5.48 Å². The van der Waals surface area contributed by atoms with Crippen LogP contribution in [-0.2, 0) is 16.0 Å². The molecule has 0 aliphatic rings. The van der Waals surface area contributed by atoms with Gasteiger partial charge in [0.1, 0.15) is 6.10 Å². The molecule has 0 radical (unpaired) electrons. The van der Waals surface area contributed by atoms with Gasteiger partial charge in [-0.15, -0.1) is 0 Å². The van der Waals surface area contributed by atoms with Crippen molar-refractivity contribution >= 4 is 11.8 Å². The predicted molar refractivity (Wildman–Crippen MR) is 102 cm³/mol. The van der Waals surface area contributed by atoms with E-state index < -0.39 is 35.3 Å². The Hall–Kier alpha value is -2.00. The molecule has 0 aliphatic carbocycles. The van der Waals surface area contributed by atoms with Crippen LogP contribution in [0.1, 0.15) is 72.6 Å². The second-order valence-corrected chi connectivity index (χ2v) is 9.11. The number of carbonyl (C=O) groups is 2. The molecular formula is C19H34N4O5. The van der Waals surface area contributed by atoms with E-state index in [0.29, 0.717) is 24.1 Å². The van der Waals surface area contributed by atoms with Crippen molar-refractivity contribution in [3.05, 3.63) is 11.7 Å². The van der Waals surface area contributed by atoms with E-state index >= 15 is 0 Å². The molecule has 28 heavy (non-hydrogen) atoms. The van der Waals surface area contributed by atoms with Crippen LogP contribution in [0.2, 0.25) is 0 Å². The number of hydroxylamine groups is 1. The fourth-order valence-corrected chi connectivity index (χ4v) is 2.87. The quantitative estimate of drug-likeness (QED) is 0.369. The van der Waals surface area contributed by atoms with Crippen molar-refractivity contribution in [2.45, 2.75) is 73.5 Å². The van der Waals surface area contributed by atoms with Gasteiger partial charge in [0.25, 0.3) is 5.91 Å². The third-order valence-electron chi connectivity index (χ3n) is 4.30. The molecule has 4 N–H and O–H groups in total. The summed E-state index contributed by atoms with van der Waals surface area (Å²) in [5, 5.41) is 25.9. The third-order valence-corrected chi connectivity index (χ3v) is 4.30. The topological polar surface area (TPSA) is 138 Å². The van der Waals surface area contributed by atoms with Gasteiger partial charge in [-0.2, -0.15) is 4.98 Å². The van der Waals surface area contributed by atoms with Gasteiger partial charge in [0.2, 0.25) is 11.8 Å². The minimum absolute atomic E-state index is 0.0489. The molecule has 0 bridgehead atoms. The summed E-state index contributed by atoms with van der Waals surface area (Å²) in [4.78, 5) is 29.0. The number of nitrogens with one attached hydrogen (secondary N) is 2. The number of hydrogen-bond donors (Lipinski definition) is 4. The van der Waals surface area contributed by atoms with Crippen LogP contribution in [0.15, 0.2) is 4.52 Å². The largest absolute Gasteiger partial charge is 0.382 e. The molecule has 0 spiro atoms. The summed E-state index contributed by atoms with van der Waals surface area (Å²) in [5.41, 5.74) is 0.958. The first-order valence-corrected chi connectivity index (χ1v) is 9.61. The van der Waals surface area contributed by atoms with Crippen LogP contribution < -0.4 is 10.8 Å². The third kappa shape index (κ3) is 6.87. The molecule has 1 aromatic rings. The summed E-state index contributed by atoms with van der Waals surface area (Å²) in [5.74, 6) is -1.33. The molecule has 2 amide bonds. The average molecular weight is 399 g/mol. The van der Waals surface area contributed by atoms with Crippen LogP contribution in [0.4, 0.5) is 0 Å². The zero-order chi connectivity index (χ0) is 21.6. The predicted octanol–water partition coefficient (Wildman–Crippen LogP) is 2.00. The summed E-state index contributed by atoms with van der Waals surface area (Å²) in [7, 11) is 0. The minimum atomic E-state index is -1.67. The molecule has 3 atom stereocenters. The summed E-state index contributed by atoms with van der Waals surface area (Å²) in [6, 6.07) is -0.580. The minimum Gasteiger partial charge on any atom is -0.382 e. The summed E-state index contributed by atoms with van der Waals surface area (Å²) in [6.07, 6.45) is -0.777. The van der Waals surface area contributed by atoms with Crippen molar-refractivity contribution in [2.24, 2.45) is 23.2 Å². The second kappa shape index (κ2) is 9.97. The zero-order valence-corrected chi connectivity index (χ0v) is 17.8. The lowest BCUT2D eigenvalue weighted by molar-refractivity contribution is -0.147. The number of aliphatic hydroxyl groups is 1. The Bertz CT molecular complexity index is 651. The molecule has 9 nitrogen and oxygen atoms in total. The lowest BCUT2D eigenvalue weighted by Crippen LogP contribution is -2.48. The molecular weight excluding hydrogens is 364 g/mol. The lowest BCUT2D eigenvalue weighted by Gasteiger charge is -2.31.